The SMILES string of the molecule is Cc1ccc(S(=O)(=O)N(CC(=O)Nc2cc(Cl)ccc2Oc2ccccc2)c2ccccc2F)cc1. The van der Waals surface area contributed by atoms with Gasteiger partial charge in [-0.1, -0.05) is 59.6 Å². The molecule has 184 valence electrons. The molecular formula is C27H22ClFN2O4S. The molecule has 0 saturated carbocycles. The minimum atomic E-state index is -4.27. The third kappa shape index (κ3) is 5.84. The fraction of sp³-hybridized carbons (Fsp3) is 0.0741. The van der Waals surface area contributed by atoms with Gasteiger partial charge in [0.1, 0.15) is 18.1 Å². The van der Waals surface area contributed by atoms with E-state index in [1.54, 1.807) is 48.5 Å². The van der Waals surface area contributed by atoms with E-state index in [1.165, 1.54) is 36.4 Å². The van der Waals surface area contributed by atoms with E-state index >= 15 is 0 Å². The monoisotopic (exact) mass is 524 g/mol. The maximum Gasteiger partial charge on any atom is 0.264 e. The summed E-state index contributed by atoms with van der Waals surface area (Å²) in [6.45, 7) is 1.13. The fourth-order valence-electron chi connectivity index (χ4n) is 3.42. The van der Waals surface area contributed by atoms with E-state index in [2.05, 4.69) is 5.32 Å². The van der Waals surface area contributed by atoms with Crippen LogP contribution in [0.15, 0.2) is 102 Å². The molecule has 0 aliphatic carbocycles. The standard InChI is InChI=1S/C27H22ClFN2O4S/c1-19-11-14-22(15-12-19)36(33,34)31(25-10-6-5-9-23(25)29)18-27(32)30-24-17-20(28)13-16-26(24)35-21-7-3-2-4-8-21/h2-17H,18H2,1H3,(H,30,32). The van der Waals surface area contributed by atoms with E-state index in [0.29, 0.717) is 16.5 Å². The molecule has 0 aromatic heterocycles. The van der Waals surface area contributed by atoms with Crippen LogP contribution in [0.4, 0.5) is 15.8 Å². The Kier molecular flexibility index (Phi) is 7.57. The Bertz CT molecular complexity index is 1480. The topological polar surface area (TPSA) is 75.7 Å². The summed E-state index contributed by atoms with van der Waals surface area (Å²) in [6.07, 6.45) is 0. The Labute approximate surface area is 214 Å². The summed E-state index contributed by atoms with van der Waals surface area (Å²) >= 11 is 6.13. The number of halogens is 2. The number of amides is 1. The molecular weight excluding hydrogens is 503 g/mol. The van der Waals surface area contributed by atoms with E-state index in [-0.39, 0.29) is 16.3 Å². The lowest BCUT2D eigenvalue weighted by molar-refractivity contribution is -0.114. The van der Waals surface area contributed by atoms with Crippen molar-refractivity contribution >= 4 is 38.9 Å². The van der Waals surface area contributed by atoms with Gasteiger partial charge in [0.2, 0.25) is 5.91 Å². The molecule has 0 heterocycles. The second kappa shape index (κ2) is 10.8. The number of nitrogens with zero attached hydrogens (tertiary/aromatic N) is 1. The average Bonchev–Trinajstić information content (AvgIpc) is 2.86. The van der Waals surface area contributed by atoms with E-state index in [9.17, 15) is 17.6 Å². The Morgan fingerprint density at radius 2 is 1.61 bits per heavy atom. The lowest BCUT2D eigenvalue weighted by Crippen LogP contribution is -2.38. The van der Waals surface area contributed by atoms with Gasteiger partial charge in [-0.15, -0.1) is 0 Å². The Morgan fingerprint density at radius 3 is 2.31 bits per heavy atom. The summed E-state index contributed by atoms with van der Waals surface area (Å²) in [5, 5.41) is 2.98. The van der Waals surface area contributed by atoms with E-state index in [0.717, 1.165) is 15.9 Å². The highest BCUT2D eigenvalue weighted by molar-refractivity contribution is 7.92. The summed E-state index contributed by atoms with van der Waals surface area (Å²) in [4.78, 5) is 13.0. The first-order chi connectivity index (χ1) is 17.2. The molecule has 0 aliphatic rings. The number of nitrogens with one attached hydrogen (secondary N) is 1. The Hall–Kier alpha value is -3.88. The van der Waals surface area contributed by atoms with Gasteiger partial charge < -0.3 is 10.1 Å². The molecule has 0 unspecified atom stereocenters. The molecule has 0 bridgehead atoms. The molecule has 0 aliphatic heterocycles. The summed E-state index contributed by atoms with van der Waals surface area (Å²) < 4.78 is 48.3. The maximum absolute atomic E-state index is 14.7. The van der Waals surface area contributed by atoms with Crippen molar-refractivity contribution in [2.24, 2.45) is 0 Å². The van der Waals surface area contributed by atoms with Crippen LogP contribution in [-0.4, -0.2) is 20.9 Å². The van der Waals surface area contributed by atoms with Crippen molar-refractivity contribution in [2.75, 3.05) is 16.2 Å². The van der Waals surface area contributed by atoms with Gasteiger partial charge in [-0.25, -0.2) is 12.8 Å². The van der Waals surface area contributed by atoms with Gasteiger partial charge in [0, 0.05) is 5.02 Å². The van der Waals surface area contributed by atoms with Crippen molar-refractivity contribution in [1.29, 1.82) is 0 Å². The number of aryl methyl sites for hydroxylation is 1. The average molecular weight is 525 g/mol. The lowest BCUT2D eigenvalue weighted by atomic mass is 10.2. The zero-order valence-electron chi connectivity index (χ0n) is 19.2. The number of rotatable bonds is 8. The number of anilines is 2. The number of sulfonamides is 1. The maximum atomic E-state index is 14.7. The molecule has 0 saturated heterocycles. The third-order valence-corrected chi connectivity index (χ3v) is 7.21. The highest BCUT2D eigenvalue weighted by Gasteiger charge is 2.29. The summed E-state index contributed by atoms with van der Waals surface area (Å²) in [6, 6.07) is 25.1. The van der Waals surface area contributed by atoms with Crippen molar-refractivity contribution in [1.82, 2.24) is 0 Å². The van der Waals surface area contributed by atoms with Crippen LogP contribution in [0.3, 0.4) is 0 Å². The molecule has 0 fully saturated rings. The van der Waals surface area contributed by atoms with Crippen LogP contribution in [0.25, 0.3) is 0 Å². The van der Waals surface area contributed by atoms with Crippen LogP contribution in [0.1, 0.15) is 5.56 Å². The van der Waals surface area contributed by atoms with Crippen LogP contribution in [0.2, 0.25) is 5.02 Å². The van der Waals surface area contributed by atoms with E-state index in [4.69, 9.17) is 16.3 Å². The number of ether oxygens (including phenoxy) is 1. The van der Waals surface area contributed by atoms with Gasteiger partial charge in [-0.3, -0.25) is 9.10 Å². The molecule has 1 N–H and O–H groups in total. The van der Waals surface area contributed by atoms with Crippen LogP contribution in [0, 0.1) is 12.7 Å². The largest absolute Gasteiger partial charge is 0.455 e. The predicted molar refractivity (Wildman–Crippen MR) is 139 cm³/mol. The normalized spacial score (nSPS) is 11.1. The van der Waals surface area contributed by atoms with Crippen LogP contribution in [-0.2, 0) is 14.8 Å². The molecule has 4 aromatic carbocycles. The van der Waals surface area contributed by atoms with E-state index in [1.807, 2.05) is 13.0 Å². The van der Waals surface area contributed by atoms with Gasteiger partial charge in [0.15, 0.2) is 5.75 Å². The highest BCUT2D eigenvalue weighted by atomic mass is 35.5. The predicted octanol–water partition coefficient (Wildman–Crippen LogP) is 6.41. The fourth-order valence-corrected chi connectivity index (χ4v) is 5.02. The molecule has 0 radical (unpaired) electrons. The molecule has 6 nitrogen and oxygen atoms in total. The minimum Gasteiger partial charge on any atom is -0.455 e. The zero-order valence-corrected chi connectivity index (χ0v) is 20.8. The van der Waals surface area contributed by atoms with Crippen molar-refractivity contribution in [3.8, 4) is 11.5 Å². The van der Waals surface area contributed by atoms with Crippen molar-refractivity contribution in [3.05, 3.63) is 113 Å². The quantitative estimate of drug-likeness (QED) is 0.289. The Morgan fingerprint density at radius 1 is 0.944 bits per heavy atom. The highest BCUT2D eigenvalue weighted by Crippen LogP contribution is 2.32. The van der Waals surface area contributed by atoms with Crippen molar-refractivity contribution < 1.29 is 22.3 Å². The zero-order chi connectivity index (χ0) is 25.7. The van der Waals surface area contributed by atoms with Gasteiger partial charge in [-0.2, -0.15) is 0 Å². The first-order valence-corrected chi connectivity index (χ1v) is 12.7. The number of carbonyl (C=O) groups is 1. The Balaban J connectivity index is 1.65. The van der Waals surface area contributed by atoms with Crippen molar-refractivity contribution in [2.45, 2.75) is 11.8 Å². The molecule has 9 heteroatoms. The molecule has 1 amide bonds. The van der Waals surface area contributed by atoms with E-state index < -0.39 is 28.3 Å². The smallest absolute Gasteiger partial charge is 0.264 e. The van der Waals surface area contributed by atoms with Gasteiger partial charge in [-0.05, 0) is 61.5 Å². The number of benzene rings is 4. The second-order valence-electron chi connectivity index (χ2n) is 7.88. The number of hydrogen-bond acceptors (Lipinski definition) is 4. The molecule has 4 aromatic rings. The number of carbonyl (C=O) groups excluding carboxylic acids is 1. The summed E-state index contributed by atoms with van der Waals surface area (Å²) in [5.74, 6) is -0.658. The molecule has 36 heavy (non-hydrogen) atoms. The van der Waals surface area contributed by atoms with Gasteiger partial charge in [0.05, 0.1) is 16.3 Å². The van der Waals surface area contributed by atoms with Crippen molar-refractivity contribution in [3.63, 3.8) is 0 Å². The molecule has 4 rings (SSSR count). The minimum absolute atomic E-state index is 0.0694. The van der Waals surface area contributed by atoms with Gasteiger partial charge in [0.25, 0.3) is 10.0 Å². The molecule has 0 atom stereocenters. The summed E-state index contributed by atoms with van der Waals surface area (Å²) in [7, 11) is -4.27. The molecule has 0 spiro atoms. The third-order valence-electron chi connectivity index (χ3n) is 5.20. The van der Waals surface area contributed by atoms with Gasteiger partial charge >= 0.3 is 0 Å². The first kappa shape index (κ1) is 25.2. The second-order valence-corrected chi connectivity index (χ2v) is 10.2. The number of para-hydroxylation sites is 2. The summed E-state index contributed by atoms with van der Waals surface area (Å²) in [5.41, 5.74) is 0.841. The van der Waals surface area contributed by atoms with Crippen LogP contribution < -0.4 is 14.4 Å². The number of hydrogen-bond donors (Lipinski definition) is 1. The van der Waals surface area contributed by atoms with Crippen LogP contribution >= 0.6 is 11.6 Å². The lowest BCUT2D eigenvalue weighted by Gasteiger charge is -2.24. The first-order valence-electron chi connectivity index (χ1n) is 10.9. The van der Waals surface area contributed by atoms with Crippen LogP contribution in [0.5, 0.6) is 11.5 Å².